The topological polar surface area (TPSA) is 25.8 Å². The standard InChI is InChI=1S/C9H12N2S.3C2H6/c1-3-12-7-5-9-4-6-10-8(2)11-9;3*1-2/h4-7H,3H2,1-2H3;3*1-2H3/b7-5+;;;. The van der Waals surface area contributed by atoms with Crippen molar-refractivity contribution in [2.75, 3.05) is 5.75 Å². The molecule has 0 unspecified atom stereocenters. The number of hydrogen-bond donors (Lipinski definition) is 0. The molecule has 0 spiro atoms. The fourth-order valence-corrected chi connectivity index (χ4v) is 1.21. The molecule has 1 aromatic heterocycles. The molecule has 0 aliphatic heterocycles. The van der Waals surface area contributed by atoms with Crippen LogP contribution in [0.25, 0.3) is 6.08 Å². The summed E-state index contributed by atoms with van der Waals surface area (Å²) in [6.45, 7) is 16.0. The Balaban J connectivity index is -0.000000328. The van der Waals surface area contributed by atoms with Gasteiger partial charge in [0.15, 0.2) is 0 Å². The molecule has 106 valence electrons. The van der Waals surface area contributed by atoms with Crippen LogP contribution in [0.2, 0.25) is 0 Å². The van der Waals surface area contributed by atoms with Crippen molar-refractivity contribution in [3.8, 4) is 0 Å². The van der Waals surface area contributed by atoms with Gasteiger partial charge in [0.1, 0.15) is 5.82 Å². The Labute approximate surface area is 118 Å². The van der Waals surface area contributed by atoms with Gasteiger partial charge in [0, 0.05) is 6.20 Å². The van der Waals surface area contributed by atoms with Crippen LogP contribution in [0, 0.1) is 6.92 Å². The van der Waals surface area contributed by atoms with E-state index in [1.807, 2.05) is 60.6 Å². The molecule has 0 amide bonds. The van der Waals surface area contributed by atoms with E-state index < -0.39 is 0 Å². The largest absolute Gasteiger partial charge is 0.242 e. The third kappa shape index (κ3) is 15.2. The zero-order valence-corrected chi connectivity index (χ0v) is 14.1. The van der Waals surface area contributed by atoms with E-state index in [2.05, 4.69) is 22.3 Å². The third-order valence-corrected chi connectivity index (χ3v) is 1.96. The van der Waals surface area contributed by atoms with Gasteiger partial charge in [0.05, 0.1) is 5.69 Å². The van der Waals surface area contributed by atoms with E-state index in [1.165, 1.54) is 0 Å². The molecular weight excluding hydrogens is 240 g/mol. The third-order valence-electron chi connectivity index (χ3n) is 1.30. The molecule has 1 heterocycles. The number of hydrogen-bond acceptors (Lipinski definition) is 3. The number of nitrogens with zero attached hydrogens (tertiary/aromatic N) is 2. The SMILES string of the molecule is CC.CC.CC.CCS/C=C/c1ccnc(C)n1. The van der Waals surface area contributed by atoms with Gasteiger partial charge in [-0.3, -0.25) is 0 Å². The van der Waals surface area contributed by atoms with E-state index in [1.54, 1.807) is 18.0 Å². The van der Waals surface area contributed by atoms with Crippen LogP contribution < -0.4 is 0 Å². The predicted octanol–water partition coefficient (Wildman–Crippen LogP) is 5.59. The summed E-state index contributed by atoms with van der Waals surface area (Å²) in [4.78, 5) is 8.25. The lowest BCUT2D eigenvalue weighted by molar-refractivity contribution is 1.04. The minimum absolute atomic E-state index is 0.818. The van der Waals surface area contributed by atoms with Gasteiger partial charge in [-0.05, 0) is 30.2 Å². The second-order valence-corrected chi connectivity index (χ2v) is 3.47. The highest BCUT2D eigenvalue weighted by Crippen LogP contribution is 2.05. The molecule has 0 fully saturated rings. The van der Waals surface area contributed by atoms with Crippen molar-refractivity contribution >= 4 is 17.8 Å². The van der Waals surface area contributed by atoms with Crippen LogP contribution in [-0.2, 0) is 0 Å². The molecule has 3 heteroatoms. The van der Waals surface area contributed by atoms with Crippen LogP contribution in [0.4, 0.5) is 0 Å². The van der Waals surface area contributed by atoms with Crippen molar-refractivity contribution < 1.29 is 0 Å². The summed E-state index contributed by atoms with van der Waals surface area (Å²) in [5.41, 5.74) is 0.975. The summed E-state index contributed by atoms with van der Waals surface area (Å²) in [6, 6.07) is 1.90. The maximum atomic E-state index is 4.23. The first-order chi connectivity index (χ1) is 8.83. The van der Waals surface area contributed by atoms with Crippen LogP contribution >= 0.6 is 11.8 Å². The maximum absolute atomic E-state index is 4.23. The van der Waals surface area contributed by atoms with Gasteiger partial charge in [0.25, 0.3) is 0 Å². The van der Waals surface area contributed by atoms with E-state index in [0.29, 0.717) is 0 Å². The van der Waals surface area contributed by atoms with Crippen LogP contribution in [0.1, 0.15) is 60.0 Å². The molecule has 1 rings (SSSR count). The summed E-state index contributed by atoms with van der Waals surface area (Å²) in [6.07, 6.45) is 3.78. The van der Waals surface area contributed by atoms with Gasteiger partial charge in [0.2, 0.25) is 0 Å². The Hall–Kier alpha value is -0.830. The highest BCUT2D eigenvalue weighted by Gasteiger charge is 1.88. The molecule has 0 bridgehead atoms. The molecule has 18 heavy (non-hydrogen) atoms. The van der Waals surface area contributed by atoms with Crippen molar-refractivity contribution in [1.82, 2.24) is 9.97 Å². The minimum Gasteiger partial charge on any atom is -0.242 e. The maximum Gasteiger partial charge on any atom is 0.125 e. The normalized spacial score (nSPS) is 8.22. The second-order valence-electron chi connectivity index (χ2n) is 2.29. The van der Waals surface area contributed by atoms with Crippen molar-refractivity contribution in [3.63, 3.8) is 0 Å². The summed E-state index contributed by atoms with van der Waals surface area (Å²) >= 11 is 1.77. The van der Waals surface area contributed by atoms with E-state index in [0.717, 1.165) is 17.3 Å². The van der Waals surface area contributed by atoms with Gasteiger partial charge < -0.3 is 0 Å². The molecule has 0 aromatic carbocycles. The lowest BCUT2D eigenvalue weighted by Gasteiger charge is -1.92. The first-order valence-corrected chi connectivity index (χ1v) is 7.95. The smallest absolute Gasteiger partial charge is 0.125 e. The zero-order valence-electron chi connectivity index (χ0n) is 13.3. The molecule has 0 saturated heterocycles. The van der Waals surface area contributed by atoms with Gasteiger partial charge in [-0.25, -0.2) is 9.97 Å². The van der Waals surface area contributed by atoms with Crippen molar-refractivity contribution in [3.05, 3.63) is 29.2 Å². The quantitative estimate of drug-likeness (QED) is 0.716. The van der Waals surface area contributed by atoms with Gasteiger partial charge >= 0.3 is 0 Å². The molecule has 0 saturated carbocycles. The lowest BCUT2D eigenvalue weighted by Crippen LogP contribution is -1.87. The van der Waals surface area contributed by atoms with Crippen LogP contribution in [0.3, 0.4) is 0 Å². The Morgan fingerprint density at radius 3 is 2.11 bits per heavy atom. The van der Waals surface area contributed by atoms with E-state index in [-0.39, 0.29) is 0 Å². The average molecular weight is 270 g/mol. The zero-order chi connectivity index (χ0) is 14.8. The molecule has 0 aliphatic rings. The number of rotatable bonds is 3. The molecule has 0 atom stereocenters. The van der Waals surface area contributed by atoms with Crippen molar-refractivity contribution in [2.24, 2.45) is 0 Å². The molecular formula is C15H30N2S. The molecule has 0 radical (unpaired) electrons. The monoisotopic (exact) mass is 270 g/mol. The van der Waals surface area contributed by atoms with Gasteiger partial charge in [-0.15, -0.1) is 11.8 Å². The number of aromatic nitrogens is 2. The molecule has 0 N–H and O–H groups in total. The minimum atomic E-state index is 0.818. The number of aryl methyl sites for hydroxylation is 1. The van der Waals surface area contributed by atoms with Gasteiger partial charge in [-0.2, -0.15) is 0 Å². The molecule has 0 aliphatic carbocycles. The first-order valence-electron chi connectivity index (χ1n) is 6.90. The predicted molar refractivity (Wildman–Crippen MR) is 88.0 cm³/mol. The van der Waals surface area contributed by atoms with Crippen molar-refractivity contribution in [1.29, 1.82) is 0 Å². The number of thioether (sulfide) groups is 1. The summed E-state index contributed by atoms with van der Waals surface area (Å²) in [7, 11) is 0. The van der Waals surface area contributed by atoms with E-state index >= 15 is 0 Å². The summed E-state index contributed by atoms with van der Waals surface area (Å²) in [5, 5.41) is 2.06. The Kier molecular flexibility index (Phi) is 26.6. The van der Waals surface area contributed by atoms with Crippen molar-refractivity contribution in [2.45, 2.75) is 55.4 Å². The van der Waals surface area contributed by atoms with Crippen LogP contribution in [0.15, 0.2) is 17.7 Å². The fourth-order valence-electron chi connectivity index (χ4n) is 0.781. The lowest BCUT2D eigenvalue weighted by atomic mass is 10.4. The second kappa shape index (κ2) is 21.5. The molecule has 1 aromatic rings. The Morgan fingerprint density at radius 2 is 1.67 bits per heavy atom. The van der Waals surface area contributed by atoms with E-state index in [4.69, 9.17) is 0 Å². The Bertz CT molecular complexity index is 273. The van der Waals surface area contributed by atoms with Crippen LogP contribution in [0.5, 0.6) is 0 Å². The van der Waals surface area contributed by atoms with E-state index in [9.17, 15) is 0 Å². The highest BCUT2D eigenvalue weighted by atomic mass is 32.2. The summed E-state index contributed by atoms with van der Waals surface area (Å²) < 4.78 is 0. The van der Waals surface area contributed by atoms with Gasteiger partial charge in [-0.1, -0.05) is 48.5 Å². The molecule has 2 nitrogen and oxygen atoms in total. The summed E-state index contributed by atoms with van der Waals surface area (Å²) in [5.74, 6) is 1.92. The van der Waals surface area contributed by atoms with Crippen LogP contribution in [-0.4, -0.2) is 15.7 Å². The highest BCUT2D eigenvalue weighted by molar-refractivity contribution is 8.02. The Morgan fingerprint density at radius 1 is 1.11 bits per heavy atom. The first kappa shape index (κ1) is 22.4. The fraction of sp³-hybridized carbons (Fsp3) is 0.600. The average Bonchev–Trinajstić information content (AvgIpc) is 2.46.